The molecule has 3 rings (SSSR count). The lowest BCUT2D eigenvalue weighted by atomic mass is 10.0. The zero-order chi connectivity index (χ0) is 26.6. The summed E-state index contributed by atoms with van der Waals surface area (Å²) in [5.41, 5.74) is 10.0. The summed E-state index contributed by atoms with van der Waals surface area (Å²) in [5, 5.41) is 16.5. The molecule has 0 aromatic carbocycles. The third-order valence-electron chi connectivity index (χ3n) is 4.68. The number of ether oxygens (including phenoxy) is 1. The van der Waals surface area contributed by atoms with Crippen LogP contribution in [-0.4, -0.2) is 86.5 Å². The van der Waals surface area contributed by atoms with Crippen LogP contribution >= 0.6 is 23.1 Å². The van der Waals surface area contributed by atoms with Crippen LogP contribution in [0.15, 0.2) is 21.8 Å². The van der Waals surface area contributed by atoms with E-state index in [1.807, 2.05) is 0 Å². The average molecular weight is 541 g/mol. The van der Waals surface area contributed by atoms with Crippen molar-refractivity contribution in [1.82, 2.24) is 15.2 Å². The van der Waals surface area contributed by atoms with Gasteiger partial charge in [0.05, 0.1) is 0 Å². The second-order valence-electron chi connectivity index (χ2n) is 7.41. The van der Waals surface area contributed by atoms with Crippen LogP contribution in [-0.2, 0) is 38.3 Å². The fraction of sp³-hybridized carbons (Fsp3) is 0.368. The smallest absolute Gasteiger partial charge is 0.352 e. The van der Waals surface area contributed by atoms with E-state index in [1.54, 1.807) is 0 Å². The van der Waals surface area contributed by atoms with Gasteiger partial charge < -0.3 is 31.5 Å². The Hall–Kier alpha value is -3.99. The van der Waals surface area contributed by atoms with E-state index in [2.05, 4.69) is 15.5 Å². The van der Waals surface area contributed by atoms with Crippen molar-refractivity contribution in [3.63, 3.8) is 0 Å². The van der Waals surface area contributed by atoms with E-state index in [0.29, 0.717) is 0 Å². The van der Waals surface area contributed by atoms with Crippen LogP contribution in [0.2, 0.25) is 0 Å². The molecule has 0 bridgehead atoms. The summed E-state index contributed by atoms with van der Waals surface area (Å²) in [5.74, 6) is -5.01. The van der Waals surface area contributed by atoms with Crippen LogP contribution < -0.4 is 16.8 Å². The summed E-state index contributed by atoms with van der Waals surface area (Å²) >= 11 is 2.15. The number of Topliss-reactive ketones (excluding diaryl/α,β-unsaturated/α-hetero) is 1. The van der Waals surface area contributed by atoms with Crippen molar-refractivity contribution in [3.8, 4) is 0 Å². The number of rotatable bonds is 11. The lowest BCUT2D eigenvalue weighted by Crippen LogP contribution is -2.71. The van der Waals surface area contributed by atoms with Crippen LogP contribution in [0.5, 0.6) is 0 Å². The predicted octanol–water partition coefficient (Wildman–Crippen LogP) is -1.81. The third kappa shape index (κ3) is 5.98. The molecule has 1 saturated heterocycles. The largest absolute Gasteiger partial charge is 0.477 e. The third-order valence-corrected chi connectivity index (χ3v) is 6.69. The Morgan fingerprint density at radius 2 is 2.06 bits per heavy atom. The summed E-state index contributed by atoms with van der Waals surface area (Å²) in [6.07, 6.45) is -0.458. The van der Waals surface area contributed by atoms with E-state index in [4.69, 9.17) is 21.0 Å². The minimum absolute atomic E-state index is 0.0279. The van der Waals surface area contributed by atoms with Gasteiger partial charge in [0.15, 0.2) is 17.5 Å². The molecule has 192 valence electrons. The number of fused-ring (bicyclic) bond motifs is 1. The number of hydrogen-bond acceptors (Lipinski definition) is 13. The number of hydrogen-bond donors (Lipinski definition) is 4. The Labute approximate surface area is 210 Å². The molecule has 0 radical (unpaired) electrons. The molecule has 6 N–H and O–H groups in total. The lowest BCUT2D eigenvalue weighted by molar-refractivity contribution is -0.150. The van der Waals surface area contributed by atoms with E-state index in [-0.39, 0.29) is 33.6 Å². The highest BCUT2D eigenvalue weighted by Crippen LogP contribution is 2.40. The lowest BCUT2D eigenvalue weighted by Gasteiger charge is -2.49. The van der Waals surface area contributed by atoms with Gasteiger partial charge in [0.25, 0.3) is 17.7 Å². The number of nitrogens with two attached hydrogens (primary N) is 2. The molecule has 1 aromatic rings. The second-order valence-corrected chi connectivity index (χ2v) is 9.40. The normalized spacial score (nSPS) is 19.2. The minimum Gasteiger partial charge on any atom is -0.477 e. The number of thiazole rings is 1. The van der Waals surface area contributed by atoms with Crippen LogP contribution in [0, 0.1) is 0 Å². The van der Waals surface area contributed by atoms with Crippen molar-refractivity contribution in [3.05, 3.63) is 22.3 Å². The number of nitrogens with zero attached hydrogens (tertiary/aromatic N) is 3. The molecule has 15 nitrogen and oxygen atoms in total. The number of anilines is 1. The summed E-state index contributed by atoms with van der Waals surface area (Å²) in [7, 11) is 0. The highest BCUT2D eigenvalue weighted by molar-refractivity contribution is 8.00. The second kappa shape index (κ2) is 11.2. The van der Waals surface area contributed by atoms with Crippen molar-refractivity contribution in [1.29, 1.82) is 0 Å². The Morgan fingerprint density at radius 1 is 1.33 bits per heavy atom. The summed E-state index contributed by atoms with van der Waals surface area (Å²) in [4.78, 5) is 80.9. The van der Waals surface area contributed by atoms with Gasteiger partial charge in [-0.1, -0.05) is 5.16 Å². The number of oxime groups is 1. The number of aromatic nitrogens is 1. The molecule has 2 aliphatic rings. The number of nitrogens with one attached hydrogen (secondary N) is 1. The Kier molecular flexibility index (Phi) is 8.25. The fourth-order valence-corrected chi connectivity index (χ4v) is 5.06. The number of amides is 3. The maximum atomic E-state index is 12.9. The van der Waals surface area contributed by atoms with Crippen molar-refractivity contribution >= 4 is 69.4 Å². The zero-order valence-electron chi connectivity index (χ0n) is 18.6. The standard InChI is InChI=1S/C19H20N6O9S2/c1-7(26)2-11(28)33-3-8-5-35-17-13(16(30)25(17)14(8)18(31)32)23-15(29)12(24-34-4-10(20)27)9-6-36-19(21)22-9/h6,13,17H,2-5H2,1H3,(H2,20,27)(H2,21,22)(H,23,29)(H,31,32)/b24-12-/t13-,17+/m1/s1. The zero-order valence-corrected chi connectivity index (χ0v) is 20.2. The minimum atomic E-state index is -1.42. The van der Waals surface area contributed by atoms with Crippen LogP contribution in [0.25, 0.3) is 0 Å². The van der Waals surface area contributed by atoms with Crippen molar-refractivity contribution in [2.45, 2.75) is 24.8 Å². The van der Waals surface area contributed by atoms with Crippen LogP contribution in [0.4, 0.5) is 5.13 Å². The Balaban J connectivity index is 1.74. The number of carboxylic acid groups (broad SMARTS) is 1. The van der Waals surface area contributed by atoms with Crippen LogP contribution in [0.3, 0.4) is 0 Å². The first kappa shape index (κ1) is 26.6. The Bertz CT molecular complexity index is 1190. The summed E-state index contributed by atoms with van der Waals surface area (Å²) in [6, 6.07) is -1.11. The number of carboxylic acids is 1. The SMILES string of the molecule is CC(=O)CC(=O)OCC1=C(C(=O)O)N2C(=O)[C@@H](NC(=O)/C(=N\OCC(N)=O)c3csc(N)n3)[C@@H]2SC1. The van der Waals surface area contributed by atoms with Gasteiger partial charge >= 0.3 is 11.9 Å². The van der Waals surface area contributed by atoms with Gasteiger partial charge in [0.2, 0.25) is 0 Å². The van der Waals surface area contributed by atoms with E-state index in [9.17, 15) is 33.9 Å². The first-order valence-corrected chi connectivity index (χ1v) is 12.0. The van der Waals surface area contributed by atoms with Crippen molar-refractivity contribution in [2.75, 3.05) is 24.7 Å². The van der Waals surface area contributed by atoms with Gasteiger partial charge in [0.1, 0.15) is 41.6 Å². The number of nitrogen functional groups attached to an aromatic ring is 1. The van der Waals surface area contributed by atoms with Crippen molar-refractivity contribution in [2.24, 2.45) is 10.9 Å². The number of β-lactam (4-membered cyclic amide) rings is 1. The van der Waals surface area contributed by atoms with Gasteiger partial charge in [-0.25, -0.2) is 9.78 Å². The van der Waals surface area contributed by atoms with Gasteiger partial charge in [-0.05, 0) is 6.92 Å². The van der Waals surface area contributed by atoms with E-state index < -0.39 is 66.5 Å². The number of esters is 1. The summed E-state index contributed by atoms with van der Waals surface area (Å²) in [6.45, 7) is 0.186. The topological polar surface area (TPSA) is 234 Å². The molecule has 36 heavy (non-hydrogen) atoms. The van der Waals surface area contributed by atoms with Gasteiger partial charge in [0, 0.05) is 16.7 Å². The number of carbonyl (C=O) groups excluding carboxylic acids is 5. The summed E-state index contributed by atoms with van der Waals surface area (Å²) < 4.78 is 4.96. The molecule has 1 fully saturated rings. The van der Waals surface area contributed by atoms with E-state index in [1.165, 1.54) is 12.3 Å². The highest BCUT2D eigenvalue weighted by atomic mass is 32.2. The molecule has 3 heterocycles. The average Bonchev–Trinajstić information content (AvgIpc) is 3.22. The first-order chi connectivity index (χ1) is 17.0. The quantitative estimate of drug-likeness (QED) is 0.0799. The molecular formula is C19H20N6O9S2. The van der Waals surface area contributed by atoms with Gasteiger partial charge in [-0.3, -0.25) is 28.9 Å². The molecule has 3 amide bonds. The van der Waals surface area contributed by atoms with Gasteiger partial charge in [-0.2, -0.15) is 0 Å². The molecule has 0 saturated carbocycles. The molecule has 2 atom stereocenters. The van der Waals surface area contributed by atoms with Crippen molar-refractivity contribution < 1.29 is 43.4 Å². The predicted molar refractivity (Wildman–Crippen MR) is 124 cm³/mol. The number of thioether (sulfide) groups is 1. The van der Waals surface area contributed by atoms with E-state index in [0.717, 1.165) is 28.0 Å². The number of aliphatic carboxylic acids is 1. The molecule has 2 aliphatic heterocycles. The number of ketones is 1. The fourth-order valence-electron chi connectivity index (χ4n) is 3.19. The number of primary amides is 1. The molecule has 0 spiro atoms. The number of carbonyl (C=O) groups is 6. The first-order valence-electron chi connectivity index (χ1n) is 10.0. The molecule has 0 aliphatic carbocycles. The Morgan fingerprint density at radius 3 is 2.64 bits per heavy atom. The monoisotopic (exact) mass is 540 g/mol. The molecule has 0 unspecified atom stereocenters. The molecule has 1 aromatic heterocycles. The highest BCUT2D eigenvalue weighted by Gasteiger charge is 2.54. The molecule has 17 heteroatoms. The molecular weight excluding hydrogens is 520 g/mol. The van der Waals surface area contributed by atoms with Crippen LogP contribution in [0.1, 0.15) is 19.0 Å². The van der Waals surface area contributed by atoms with Gasteiger partial charge in [-0.15, -0.1) is 23.1 Å². The van der Waals surface area contributed by atoms with E-state index >= 15 is 0 Å². The maximum Gasteiger partial charge on any atom is 0.352 e. The maximum absolute atomic E-state index is 12.9.